The van der Waals surface area contributed by atoms with Crippen molar-refractivity contribution in [2.75, 3.05) is 0 Å². The third-order valence-electron chi connectivity index (χ3n) is 4.17. The van der Waals surface area contributed by atoms with E-state index in [2.05, 4.69) is 38.1 Å². The van der Waals surface area contributed by atoms with E-state index in [4.69, 9.17) is 4.98 Å². The zero-order chi connectivity index (χ0) is 16.7. The van der Waals surface area contributed by atoms with Crippen molar-refractivity contribution in [3.63, 3.8) is 0 Å². The van der Waals surface area contributed by atoms with Crippen molar-refractivity contribution in [2.24, 2.45) is 0 Å². The van der Waals surface area contributed by atoms with E-state index in [1.807, 2.05) is 34.7 Å². The maximum atomic E-state index is 11.9. The largest absolute Gasteiger partial charge is 0.296 e. The monoisotopic (exact) mass is 332 g/mol. The summed E-state index contributed by atoms with van der Waals surface area (Å²) < 4.78 is 1.99. The number of rotatable bonds is 3. The van der Waals surface area contributed by atoms with Gasteiger partial charge in [-0.3, -0.25) is 9.20 Å². The quantitative estimate of drug-likeness (QED) is 0.486. The van der Waals surface area contributed by atoms with E-state index in [0.29, 0.717) is 5.69 Å². The van der Waals surface area contributed by atoms with E-state index in [9.17, 15) is 4.79 Å². The Morgan fingerprint density at radius 1 is 0.958 bits per heavy atom. The molecule has 4 heteroatoms. The molecule has 0 bridgehead atoms. The fraction of sp³-hybridized carbons (Fsp3) is 0.100. The Balaban J connectivity index is 2.02. The van der Waals surface area contributed by atoms with Crippen LogP contribution in [0.25, 0.3) is 27.5 Å². The van der Waals surface area contributed by atoms with Crippen LogP contribution in [0, 0.1) is 13.8 Å². The van der Waals surface area contributed by atoms with Crippen LogP contribution in [-0.4, -0.2) is 15.7 Å². The van der Waals surface area contributed by atoms with Gasteiger partial charge < -0.3 is 0 Å². The zero-order valence-corrected chi connectivity index (χ0v) is 14.3. The highest BCUT2D eigenvalue weighted by Crippen LogP contribution is 2.35. The summed E-state index contributed by atoms with van der Waals surface area (Å²) in [6.07, 6.45) is 0.909. The molecule has 4 aromatic rings. The molecule has 0 N–H and O–H groups in total. The van der Waals surface area contributed by atoms with Gasteiger partial charge in [-0.2, -0.15) is 0 Å². The first-order chi connectivity index (χ1) is 11.7. The first-order valence-electron chi connectivity index (χ1n) is 7.78. The third kappa shape index (κ3) is 2.27. The fourth-order valence-electron chi connectivity index (χ4n) is 3.00. The minimum absolute atomic E-state index is 0.608. The third-order valence-corrected chi connectivity index (χ3v) is 5.12. The standard InChI is InChI=1S/C20H16N2OS/c1-13-8-10-16(11-9-13)19-14(2)24-20-21-18(17(12-23)22(19)20)15-6-4-3-5-7-15/h3-12H,1-2H3. The van der Waals surface area contributed by atoms with Crippen LogP contribution in [0.2, 0.25) is 0 Å². The van der Waals surface area contributed by atoms with Gasteiger partial charge in [0.2, 0.25) is 0 Å². The summed E-state index contributed by atoms with van der Waals surface area (Å²) >= 11 is 1.62. The van der Waals surface area contributed by atoms with Gasteiger partial charge in [-0.05, 0) is 19.4 Å². The van der Waals surface area contributed by atoms with Crippen LogP contribution in [0.3, 0.4) is 0 Å². The lowest BCUT2D eigenvalue weighted by Crippen LogP contribution is -1.95. The van der Waals surface area contributed by atoms with Gasteiger partial charge in [-0.15, -0.1) is 11.3 Å². The molecule has 3 nitrogen and oxygen atoms in total. The van der Waals surface area contributed by atoms with Gasteiger partial charge >= 0.3 is 0 Å². The number of thiazole rings is 1. The average Bonchev–Trinajstić information content (AvgIpc) is 3.11. The van der Waals surface area contributed by atoms with Crippen molar-refractivity contribution in [3.8, 4) is 22.5 Å². The van der Waals surface area contributed by atoms with Gasteiger partial charge in [0.15, 0.2) is 11.2 Å². The van der Waals surface area contributed by atoms with Crippen molar-refractivity contribution in [2.45, 2.75) is 13.8 Å². The van der Waals surface area contributed by atoms with Crippen LogP contribution >= 0.6 is 11.3 Å². The number of aromatic nitrogens is 2. The van der Waals surface area contributed by atoms with Crippen LogP contribution in [0.4, 0.5) is 0 Å². The Bertz CT molecular complexity index is 1030. The molecule has 0 fully saturated rings. The number of aldehydes is 1. The van der Waals surface area contributed by atoms with Gasteiger partial charge in [0, 0.05) is 10.4 Å². The van der Waals surface area contributed by atoms with Crippen LogP contribution < -0.4 is 0 Å². The number of carbonyl (C=O) groups is 1. The number of hydrogen-bond acceptors (Lipinski definition) is 3. The summed E-state index contributed by atoms with van der Waals surface area (Å²) in [5.74, 6) is 0. The Morgan fingerprint density at radius 2 is 1.67 bits per heavy atom. The zero-order valence-electron chi connectivity index (χ0n) is 13.5. The maximum Gasteiger partial charge on any atom is 0.195 e. The fourth-order valence-corrected chi connectivity index (χ4v) is 4.00. The normalized spacial score (nSPS) is 11.1. The predicted octanol–water partition coefficient (Wildman–Crippen LogP) is 5.16. The molecule has 0 radical (unpaired) electrons. The summed E-state index contributed by atoms with van der Waals surface area (Å²) in [7, 11) is 0. The van der Waals surface area contributed by atoms with Gasteiger partial charge in [0.25, 0.3) is 0 Å². The van der Waals surface area contributed by atoms with E-state index in [-0.39, 0.29) is 0 Å². The molecule has 0 aliphatic heterocycles. The average molecular weight is 332 g/mol. The highest BCUT2D eigenvalue weighted by molar-refractivity contribution is 7.17. The minimum atomic E-state index is 0.608. The highest BCUT2D eigenvalue weighted by atomic mass is 32.1. The smallest absolute Gasteiger partial charge is 0.195 e. The molecule has 4 rings (SSSR count). The van der Waals surface area contributed by atoms with Gasteiger partial charge in [-0.1, -0.05) is 60.2 Å². The van der Waals surface area contributed by atoms with Gasteiger partial charge in [0.1, 0.15) is 11.4 Å². The SMILES string of the molecule is Cc1ccc(-c2c(C)sc3nc(-c4ccccc4)c(C=O)n23)cc1. The van der Waals surface area contributed by atoms with Crippen molar-refractivity contribution in [1.82, 2.24) is 9.38 Å². The number of fused-ring (bicyclic) bond motifs is 1. The van der Waals surface area contributed by atoms with Gasteiger partial charge in [-0.25, -0.2) is 4.98 Å². The van der Waals surface area contributed by atoms with E-state index in [1.165, 1.54) is 5.56 Å². The first-order valence-corrected chi connectivity index (χ1v) is 8.60. The molecule has 118 valence electrons. The number of benzene rings is 2. The number of hydrogen-bond donors (Lipinski definition) is 0. The van der Waals surface area contributed by atoms with Crippen molar-refractivity contribution >= 4 is 22.6 Å². The molecule has 2 aromatic carbocycles. The second kappa shape index (κ2) is 5.73. The van der Waals surface area contributed by atoms with E-state index < -0.39 is 0 Å². The molecule has 2 aromatic heterocycles. The number of imidazole rings is 1. The molecule has 0 aliphatic carbocycles. The van der Waals surface area contributed by atoms with Crippen LogP contribution in [0.5, 0.6) is 0 Å². The Morgan fingerprint density at radius 3 is 2.33 bits per heavy atom. The van der Waals surface area contributed by atoms with E-state index in [1.54, 1.807) is 11.3 Å². The molecular weight excluding hydrogens is 316 g/mol. The predicted molar refractivity (Wildman–Crippen MR) is 98.8 cm³/mol. The topological polar surface area (TPSA) is 34.4 Å². The van der Waals surface area contributed by atoms with Crippen molar-refractivity contribution in [1.29, 1.82) is 0 Å². The molecule has 24 heavy (non-hydrogen) atoms. The summed E-state index contributed by atoms with van der Waals surface area (Å²) in [5, 5.41) is 0. The van der Waals surface area contributed by atoms with E-state index in [0.717, 1.165) is 38.6 Å². The Hall–Kier alpha value is -2.72. The molecule has 0 atom stereocenters. The Kier molecular flexibility index (Phi) is 3.54. The van der Waals surface area contributed by atoms with Crippen LogP contribution in [0.1, 0.15) is 20.9 Å². The second-order valence-corrected chi connectivity index (χ2v) is 7.00. The molecule has 0 saturated heterocycles. The molecule has 2 heterocycles. The first kappa shape index (κ1) is 14.8. The van der Waals surface area contributed by atoms with Crippen molar-refractivity contribution < 1.29 is 4.79 Å². The molecule has 0 spiro atoms. The lowest BCUT2D eigenvalue weighted by molar-refractivity contribution is 0.111. The van der Waals surface area contributed by atoms with Crippen LogP contribution in [-0.2, 0) is 0 Å². The van der Waals surface area contributed by atoms with Crippen molar-refractivity contribution in [3.05, 3.63) is 70.7 Å². The number of nitrogens with zero attached hydrogens (tertiary/aromatic N) is 2. The lowest BCUT2D eigenvalue weighted by atomic mass is 10.1. The molecule has 0 amide bonds. The Labute approximate surface area is 144 Å². The lowest BCUT2D eigenvalue weighted by Gasteiger charge is -2.05. The molecule has 0 saturated carbocycles. The second-order valence-electron chi connectivity index (χ2n) is 5.82. The maximum absolute atomic E-state index is 11.9. The molecule has 0 aliphatic rings. The summed E-state index contributed by atoms with van der Waals surface area (Å²) in [4.78, 5) is 18.6. The highest BCUT2D eigenvalue weighted by Gasteiger charge is 2.20. The van der Waals surface area contributed by atoms with E-state index >= 15 is 0 Å². The summed E-state index contributed by atoms with van der Waals surface area (Å²) in [5.41, 5.74) is 5.68. The summed E-state index contributed by atoms with van der Waals surface area (Å²) in [6, 6.07) is 18.2. The van der Waals surface area contributed by atoms with Gasteiger partial charge in [0.05, 0.1) is 5.69 Å². The van der Waals surface area contributed by atoms with Crippen LogP contribution in [0.15, 0.2) is 54.6 Å². The molecular formula is C20H16N2OS. The molecule has 0 unspecified atom stereocenters. The number of carbonyl (C=O) groups excluding carboxylic acids is 1. The number of aryl methyl sites for hydroxylation is 2. The summed E-state index contributed by atoms with van der Waals surface area (Å²) in [6.45, 7) is 4.15. The minimum Gasteiger partial charge on any atom is -0.296 e.